The van der Waals surface area contributed by atoms with Crippen molar-refractivity contribution in [3.05, 3.63) is 54.1 Å². The molecule has 0 radical (unpaired) electrons. The second-order valence-corrected chi connectivity index (χ2v) is 5.22. The molecule has 1 fully saturated rings. The van der Waals surface area contributed by atoms with Crippen LogP contribution in [-0.2, 0) is 6.54 Å². The van der Waals surface area contributed by atoms with Crippen molar-refractivity contribution in [2.75, 3.05) is 13.1 Å². The van der Waals surface area contributed by atoms with Crippen LogP contribution in [0.15, 0.2) is 42.9 Å². The maximum atomic E-state index is 4.34. The van der Waals surface area contributed by atoms with E-state index in [0.717, 1.165) is 19.6 Å². The molecule has 2 unspecified atom stereocenters. The Balaban J connectivity index is 1.94. The first-order chi connectivity index (χ1) is 9.40. The van der Waals surface area contributed by atoms with Crippen molar-refractivity contribution in [3.8, 4) is 0 Å². The highest BCUT2D eigenvalue weighted by atomic mass is 15.0. The molecule has 1 aromatic carbocycles. The second kappa shape index (κ2) is 5.57. The molecule has 0 amide bonds. The van der Waals surface area contributed by atoms with E-state index in [2.05, 4.69) is 58.3 Å². The predicted molar refractivity (Wildman–Crippen MR) is 77.3 cm³/mol. The molecule has 3 heteroatoms. The molecule has 1 N–H and O–H groups in total. The summed E-state index contributed by atoms with van der Waals surface area (Å²) in [6, 6.07) is 10.9. The molecule has 1 saturated heterocycles. The van der Waals surface area contributed by atoms with Gasteiger partial charge in [-0.1, -0.05) is 30.3 Å². The van der Waals surface area contributed by atoms with Crippen LogP contribution in [0.3, 0.4) is 0 Å². The molecule has 2 heterocycles. The minimum atomic E-state index is 0.553. The first-order valence-electron chi connectivity index (χ1n) is 7.16. The van der Waals surface area contributed by atoms with Crippen LogP contribution in [0.2, 0.25) is 0 Å². The van der Waals surface area contributed by atoms with Crippen molar-refractivity contribution in [3.63, 3.8) is 0 Å². The van der Waals surface area contributed by atoms with E-state index in [4.69, 9.17) is 0 Å². The maximum Gasteiger partial charge on any atom is 0.0948 e. The molecule has 3 rings (SSSR count). The van der Waals surface area contributed by atoms with Gasteiger partial charge in [0.15, 0.2) is 0 Å². The average Bonchev–Trinajstić information content (AvgIpc) is 2.96. The van der Waals surface area contributed by atoms with Crippen LogP contribution < -0.4 is 5.32 Å². The van der Waals surface area contributed by atoms with Gasteiger partial charge in [-0.25, -0.2) is 4.98 Å². The van der Waals surface area contributed by atoms with E-state index in [1.165, 1.54) is 17.7 Å². The summed E-state index contributed by atoms with van der Waals surface area (Å²) in [5.41, 5.74) is 2.82. The molecule has 100 valence electrons. The molecule has 2 aromatic rings. The van der Waals surface area contributed by atoms with E-state index in [0.29, 0.717) is 11.8 Å². The Hall–Kier alpha value is -1.61. The molecule has 0 aliphatic carbocycles. The van der Waals surface area contributed by atoms with Crippen LogP contribution in [-0.4, -0.2) is 22.6 Å². The number of aromatic nitrogens is 2. The van der Waals surface area contributed by atoms with E-state index in [9.17, 15) is 0 Å². The van der Waals surface area contributed by atoms with E-state index >= 15 is 0 Å². The lowest BCUT2D eigenvalue weighted by Crippen LogP contribution is -2.34. The molecular formula is C16H21N3. The summed E-state index contributed by atoms with van der Waals surface area (Å²) < 4.78 is 2.28. The van der Waals surface area contributed by atoms with Crippen LogP contribution in [0.25, 0.3) is 0 Å². The quantitative estimate of drug-likeness (QED) is 0.914. The van der Waals surface area contributed by atoms with Crippen LogP contribution in [0.5, 0.6) is 0 Å². The zero-order valence-electron chi connectivity index (χ0n) is 11.4. The maximum absolute atomic E-state index is 4.34. The van der Waals surface area contributed by atoms with Gasteiger partial charge in [0.05, 0.1) is 6.33 Å². The zero-order valence-corrected chi connectivity index (χ0v) is 11.4. The van der Waals surface area contributed by atoms with Gasteiger partial charge >= 0.3 is 0 Å². The van der Waals surface area contributed by atoms with Gasteiger partial charge in [-0.15, -0.1) is 0 Å². The second-order valence-electron chi connectivity index (χ2n) is 5.22. The topological polar surface area (TPSA) is 29.9 Å². The zero-order chi connectivity index (χ0) is 13.1. The number of benzene rings is 1. The summed E-state index contributed by atoms with van der Waals surface area (Å²) in [6.45, 7) is 5.34. The number of imidazole rings is 1. The van der Waals surface area contributed by atoms with Crippen LogP contribution in [0.1, 0.15) is 36.4 Å². The van der Waals surface area contributed by atoms with Crippen molar-refractivity contribution < 1.29 is 0 Å². The number of aryl methyl sites for hydroxylation is 1. The third kappa shape index (κ3) is 2.43. The Bertz CT molecular complexity index is 518. The van der Waals surface area contributed by atoms with Gasteiger partial charge in [0, 0.05) is 36.8 Å². The fourth-order valence-corrected chi connectivity index (χ4v) is 3.17. The smallest absolute Gasteiger partial charge is 0.0948 e. The first-order valence-corrected chi connectivity index (χ1v) is 7.16. The van der Waals surface area contributed by atoms with Gasteiger partial charge in [0.2, 0.25) is 0 Å². The number of rotatable bonds is 3. The van der Waals surface area contributed by atoms with Gasteiger partial charge in [-0.3, -0.25) is 0 Å². The Morgan fingerprint density at radius 2 is 2.11 bits per heavy atom. The molecule has 1 aromatic heterocycles. The predicted octanol–water partition coefficient (Wildman–Crippen LogP) is 2.76. The third-order valence-electron chi connectivity index (χ3n) is 4.17. The van der Waals surface area contributed by atoms with Crippen molar-refractivity contribution in [1.82, 2.24) is 14.9 Å². The number of hydrogen-bond acceptors (Lipinski definition) is 2. The molecule has 3 nitrogen and oxygen atoms in total. The monoisotopic (exact) mass is 255 g/mol. The molecule has 0 saturated carbocycles. The number of nitrogens with one attached hydrogen (secondary N) is 1. The van der Waals surface area contributed by atoms with Gasteiger partial charge < -0.3 is 9.88 Å². The van der Waals surface area contributed by atoms with Crippen LogP contribution >= 0.6 is 0 Å². The molecule has 1 aliphatic rings. The summed E-state index contributed by atoms with van der Waals surface area (Å²) >= 11 is 0. The number of nitrogens with zero attached hydrogens (tertiary/aromatic N) is 2. The lowest BCUT2D eigenvalue weighted by molar-refractivity contribution is 0.388. The van der Waals surface area contributed by atoms with Crippen molar-refractivity contribution >= 4 is 0 Å². The average molecular weight is 255 g/mol. The summed E-state index contributed by atoms with van der Waals surface area (Å²) in [7, 11) is 0. The Labute approximate surface area is 114 Å². The summed E-state index contributed by atoms with van der Waals surface area (Å²) in [6.07, 6.45) is 5.19. The van der Waals surface area contributed by atoms with Crippen molar-refractivity contribution in [2.45, 2.75) is 31.7 Å². The normalized spacial score (nSPS) is 23.4. The first kappa shape index (κ1) is 12.4. The standard InChI is InChI=1S/C16H21N3/c1-2-19-12-18-11-16(19)14-8-9-17-10-15(14)13-6-4-3-5-7-13/h3-7,11-12,14-15,17H,2,8-10H2,1H3. The summed E-state index contributed by atoms with van der Waals surface area (Å²) in [4.78, 5) is 4.34. The molecule has 2 atom stereocenters. The molecule has 0 bridgehead atoms. The lowest BCUT2D eigenvalue weighted by atomic mass is 9.79. The van der Waals surface area contributed by atoms with Crippen molar-refractivity contribution in [1.29, 1.82) is 0 Å². The molecule has 19 heavy (non-hydrogen) atoms. The molecule has 0 spiro atoms. The number of piperidine rings is 1. The SMILES string of the molecule is CCn1cncc1C1CCNCC1c1ccccc1. The highest BCUT2D eigenvalue weighted by molar-refractivity contribution is 5.26. The van der Waals surface area contributed by atoms with E-state index < -0.39 is 0 Å². The highest BCUT2D eigenvalue weighted by Gasteiger charge is 2.29. The minimum Gasteiger partial charge on any atom is -0.335 e. The molecule has 1 aliphatic heterocycles. The Morgan fingerprint density at radius 3 is 2.89 bits per heavy atom. The fraction of sp³-hybridized carbons (Fsp3) is 0.438. The lowest BCUT2D eigenvalue weighted by Gasteiger charge is -2.33. The summed E-state index contributed by atoms with van der Waals surface area (Å²) in [5, 5.41) is 3.53. The van der Waals surface area contributed by atoms with Gasteiger partial charge in [-0.05, 0) is 25.5 Å². The number of hydrogen-bond donors (Lipinski definition) is 1. The van der Waals surface area contributed by atoms with Crippen LogP contribution in [0.4, 0.5) is 0 Å². The fourth-order valence-electron chi connectivity index (χ4n) is 3.17. The van der Waals surface area contributed by atoms with Gasteiger partial charge in [0.25, 0.3) is 0 Å². The molecular weight excluding hydrogens is 234 g/mol. The van der Waals surface area contributed by atoms with Gasteiger partial charge in [0.1, 0.15) is 0 Å². The summed E-state index contributed by atoms with van der Waals surface area (Å²) in [5.74, 6) is 1.13. The largest absolute Gasteiger partial charge is 0.335 e. The van der Waals surface area contributed by atoms with Crippen molar-refractivity contribution in [2.24, 2.45) is 0 Å². The Kier molecular flexibility index (Phi) is 3.65. The van der Waals surface area contributed by atoms with E-state index in [1.54, 1.807) is 0 Å². The van der Waals surface area contributed by atoms with E-state index in [1.807, 2.05) is 6.33 Å². The Morgan fingerprint density at radius 1 is 1.26 bits per heavy atom. The minimum absolute atomic E-state index is 0.553. The van der Waals surface area contributed by atoms with E-state index in [-0.39, 0.29) is 0 Å². The van der Waals surface area contributed by atoms with Crippen LogP contribution in [0, 0.1) is 0 Å². The highest BCUT2D eigenvalue weighted by Crippen LogP contribution is 2.36. The van der Waals surface area contributed by atoms with Gasteiger partial charge in [-0.2, -0.15) is 0 Å². The third-order valence-corrected chi connectivity index (χ3v) is 4.17.